The largest absolute Gasteiger partial charge is 0.481 e. The van der Waals surface area contributed by atoms with Gasteiger partial charge in [0.15, 0.2) is 6.04 Å². The van der Waals surface area contributed by atoms with E-state index in [1.807, 2.05) is 24.3 Å². The minimum Gasteiger partial charge on any atom is -0.481 e. The van der Waals surface area contributed by atoms with Gasteiger partial charge >= 0.3 is 18.0 Å². The van der Waals surface area contributed by atoms with Crippen LogP contribution in [0, 0.1) is 11.8 Å². The Kier molecular flexibility index (Phi) is 6.66. The van der Waals surface area contributed by atoms with Gasteiger partial charge in [0.1, 0.15) is 11.4 Å². The summed E-state index contributed by atoms with van der Waals surface area (Å²) in [4.78, 5) is 41.9. The number of nitrogens with zero attached hydrogens (tertiary/aromatic N) is 2. The highest BCUT2D eigenvalue weighted by Gasteiger charge is 2.55. The van der Waals surface area contributed by atoms with Gasteiger partial charge in [-0.1, -0.05) is 24.3 Å². The number of hydrogen-bond acceptors (Lipinski definition) is 6. The molecule has 0 radical (unpaired) electrons. The first kappa shape index (κ1) is 24.2. The summed E-state index contributed by atoms with van der Waals surface area (Å²) in [6, 6.07) is 6.68. The van der Waals surface area contributed by atoms with E-state index in [2.05, 4.69) is 4.99 Å². The molecule has 0 saturated carbocycles. The second kappa shape index (κ2) is 9.37. The molecule has 5 atom stereocenters. The predicted molar refractivity (Wildman–Crippen MR) is 123 cm³/mol. The summed E-state index contributed by atoms with van der Waals surface area (Å²) in [5.74, 6) is -1.76. The van der Waals surface area contributed by atoms with Crippen LogP contribution in [0.5, 0.6) is 0 Å². The van der Waals surface area contributed by atoms with Crippen molar-refractivity contribution in [1.82, 2.24) is 4.90 Å². The Hall–Kier alpha value is -2.94. The molecule has 1 unspecified atom stereocenters. The van der Waals surface area contributed by atoms with Crippen molar-refractivity contribution in [2.24, 2.45) is 16.8 Å². The Labute approximate surface area is 198 Å². The predicted octanol–water partition coefficient (Wildman–Crippen LogP) is 3.14. The van der Waals surface area contributed by atoms with Crippen LogP contribution in [0.2, 0.25) is 0 Å². The summed E-state index contributed by atoms with van der Waals surface area (Å²) < 4.78 is 11.8. The van der Waals surface area contributed by atoms with Crippen molar-refractivity contribution in [3.05, 3.63) is 35.4 Å². The molecule has 0 aromatic heterocycles. The third-order valence-electron chi connectivity index (χ3n) is 6.76. The van der Waals surface area contributed by atoms with E-state index in [4.69, 9.17) is 14.6 Å². The van der Waals surface area contributed by atoms with Gasteiger partial charge in [0, 0.05) is 18.3 Å². The molecule has 2 saturated heterocycles. The number of carboxylic acid groups (broad SMARTS) is 2. The van der Waals surface area contributed by atoms with Crippen LogP contribution in [0.1, 0.15) is 51.2 Å². The Bertz CT molecular complexity index is 999. The fourth-order valence-electron chi connectivity index (χ4n) is 5.37. The Morgan fingerprint density at radius 3 is 2.44 bits per heavy atom. The van der Waals surface area contributed by atoms with E-state index < -0.39 is 29.7 Å². The molecule has 1 aromatic carbocycles. The monoisotopic (exact) mass is 472 g/mol. The van der Waals surface area contributed by atoms with E-state index >= 15 is 0 Å². The topological polar surface area (TPSA) is 126 Å². The third kappa shape index (κ3) is 4.94. The minimum atomic E-state index is -1.12. The van der Waals surface area contributed by atoms with Crippen molar-refractivity contribution in [2.75, 3.05) is 6.54 Å². The molecule has 184 valence electrons. The molecule has 2 bridgehead atoms. The molecule has 9 heteroatoms. The number of amidine groups is 1. The summed E-state index contributed by atoms with van der Waals surface area (Å²) in [5.41, 5.74) is 1.25. The van der Waals surface area contributed by atoms with Gasteiger partial charge in [0.05, 0.1) is 18.8 Å². The van der Waals surface area contributed by atoms with Gasteiger partial charge in [-0.05, 0) is 57.6 Å². The first-order valence-corrected chi connectivity index (χ1v) is 11.8. The minimum absolute atomic E-state index is 0.000889. The normalized spacial score (nSPS) is 28.1. The molecule has 4 rings (SSSR count). The van der Waals surface area contributed by atoms with Crippen LogP contribution in [0.4, 0.5) is 4.79 Å². The maximum atomic E-state index is 13.1. The van der Waals surface area contributed by atoms with Crippen LogP contribution < -0.4 is 0 Å². The standard InChI is InChI=1S/C25H32N2O7/c1-25(2,3)34-24(32)27-17(23(30)31)13-26-22(27)21-16(18-9-10-19(21)33-18)12-15-7-5-4-6-14(15)8-11-20(28)29/h4-7,16-19,21H,8-13H2,1-3H3,(H,28,29)(H,30,31)/t16-,17?,18-,19+,21-/m0/s1. The Morgan fingerprint density at radius 2 is 1.79 bits per heavy atom. The average Bonchev–Trinajstić information content (AvgIpc) is 3.46. The molecular formula is C25H32N2O7. The van der Waals surface area contributed by atoms with Gasteiger partial charge < -0.3 is 19.7 Å². The Morgan fingerprint density at radius 1 is 1.12 bits per heavy atom. The lowest BCUT2D eigenvalue weighted by Crippen LogP contribution is -2.52. The molecule has 3 heterocycles. The van der Waals surface area contributed by atoms with E-state index in [0.29, 0.717) is 18.7 Å². The summed E-state index contributed by atoms with van der Waals surface area (Å²) in [5, 5.41) is 18.9. The van der Waals surface area contributed by atoms with Gasteiger partial charge in [-0.15, -0.1) is 0 Å². The molecular weight excluding hydrogens is 440 g/mol. The smallest absolute Gasteiger partial charge is 0.416 e. The molecule has 0 aliphatic carbocycles. The number of aryl methyl sites for hydroxylation is 1. The van der Waals surface area contributed by atoms with Gasteiger partial charge in [-0.3, -0.25) is 9.79 Å². The lowest BCUT2D eigenvalue weighted by atomic mass is 9.74. The van der Waals surface area contributed by atoms with Crippen molar-refractivity contribution in [3.8, 4) is 0 Å². The van der Waals surface area contributed by atoms with Crippen LogP contribution in [-0.4, -0.2) is 69.4 Å². The molecule has 3 aliphatic heterocycles. The molecule has 2 fully saturated rings. The molecule has 34 heavy (non-hydrogen) atoms. The first-order valence-electron chi connectivity index (χ1n) is 11.8. The first-order chi connectivity index (χ1) is 16.0. The lowest BCUT2D eigenvalue weighted by molar-refractivity contribution is -0.141. The van der Waals surface area contributed by atoms with Crippen LogP contribution in [0.25, 0.3) is 0 Å². The number of carbonyl (C=O) groups excluding carboxylic acids is 1. The van der Waals surface area contributed by atoms with E-state index in [0.717, 1.165) is 24.0 Å². The SMILES string of the molecule is CC(C)(C)OC(=O)N1C([C@H]2[C@@H](Cc3ccccc3CCC(=O)O)[C@@H]3CC[C@H]2O3)=NCC1C(=O)O. The molecule has 0 spiro atoms. The van der Waals surface area contributed by atoms with Gasteiger partial charge in [0.2, 0.25) is 0 Å². The number of rotatable bonds is 7. The number of aliphatic carboxylic acids is 2. The second-order valence-corrected chi connectivity index (χ2v) is 10.2. The quantitative estimate of drug-likeness (QED) is 0.624. The lowest BCUT2D eigenvalue weighted by Gasteiger charge is -2.34. The van der Waals surface area contributed by atoms with Crippen LogP contribution in [-0.2, 0) is 31.9 Å². The Balaban J connectivity index is 1.62. The number of benzene rings is 1. The number of carbonyl (C=O) groups is 3. The average molecular weight is 473 g/mol. The second-order valence-electron chi connectivity index (χ2n) is 10.2. The highest BCUT2D eigenvalue weighted by molar-refractivity contribution is 6.03. The van der Waals surface area contributed by atoms with Crippen LogP contribution >= 0.6 is 0 Å². The van der Waals surface area contributed by atoms with Gasteiger partial charge in [0.25, 0.3) is 0 Å². The van der Waals surface area contributed by atoms with E-state index in [1.54, 1.807) is 20.8 Å². The fraction of sp³-hybridized carbons (Fsp3) is 0.600. The summed E-state index contributed by atoms with van der Waals surface area (Å²) in [7, 11) is 0. The third-order valence-corrected chi connectivity index (χ3v) is 6.76. The number of fused-ring (bicyclic) bond motifs is 2. The maximum Gasteiger partial charge on any atom is 0.416 e. The van der Waals surface area contributed by atoms with E-state index in [1.165, 1.54) is 4.90 Å². The summed E-state index contributed by atoms with van der Waals surface area (Å²) in [6.07, 6.45) is 1.97. The fourth-order valence-corrected chi connectivity index (χ4v) is 5.37. The van der Waals surface area contributed by atoms with Gasteiger partial charge in [-0.25, -0.2) is 14.5 Å². The van der Waals surface area contributed by atoms with E-state index in [-0.39, 0.29) is 37.0 Å². The van der Waals surface area contributed by atoms with E-state index in [9.17, 15) is 19.5 Å². The molecule has 3 aliphatic rings. The summed E-state index contributed by atoms with van der Waals surface area (Å²) >= 11 is 0. The number of hydrogen-bond donors (Lipinski definition) is 2. The van der Waals surface area contributed by atoms with Crippen molar-refractivity contribution in [3.63, 3.8) is 0 Å². The highest BCUT2D eigenvalue weighted by atomic mass is 16.6. The number of carboxylic acids is 2. The van der Waals surface area contributed by atoms with Crippen LogP contribution in [0.3, 0.4) is 0 Å². The van der Waals surface area contributed by atoms with Crippen molar-refractivity contribution >= 4 is 23.9 Å². The number of ether oxygens (including phenoxy) is 2. The molecule has 2 N–H and O–H groups in total. The molecule has 1 aromatic rings. The molecule has 9 nitrogen and oxygen atoms in total. The van der Waals surface area contributed by atoms with Crippen molar-refractivity contribution in [1.29, 1.82) is 0 Å². The highest BCUT2D eigenvalue weighted by Crippen LogP contribution is 2.47. The van der Waals surface area contributed by atoms with Gasteiger partial charge in [-0.2, -0.15) is 0 Å². The van der Waals surface area contributed by atoms with Crippen molar-refractivity contribution in [2.45, 2.75) is 76.7 Å². The molecule has 1 amide bonds. The zero-order chi connectivity index (χ0) is 24.6. The van der Waals surface area contributed by atoms with Crippen LogP contribution in [0.15, 0.2) is 29.3 Å². The zero-order valence-electron chi connectivity index (χ0n) is 19.8. The van der Waals surface area contributed by atoms with Crippen molar-refractivity contribution < 1.29 is 34.1 Å². The number of amides is 1. The maximum absolute atomic E-state index is 13.1. The number of aliphatic imine (C=N–C) groups is 1. The summed E-state index contributed by atoms with van der Waals surface area (Å²) in [6.45, 7) is 5.21. The zero-order valence-corrected chi connectivity index (χ0v) is 19.8.